The summed E-state index contributed by atoms with van der Waals surface area (Å²) in [4.78, 5) is 29.1. The number of carbonyl (C=O) groups excluding carboxylic acids is 1. The zero-order valence-corrected chi connectivity index (χ0v) is 46.0. The molecule has 0 aliphatic carbocycles. The third-order valence-electron chi connectivity index (χ3n) is 16.3. The molecule has 10 aromatic rings. The van der Waals surface area contributed by atoms with E-state index in [0.717, 1.165) is 145 Å². The Hall–Kier alpha value is -8.65. The van der Waals surface area contributed by atoms with E-state index in [-0.39, 0.29) is 11.6 Å². The van der Waals surface area contributed by atoms with E-state index in [1.807, 2.05) is 121 Å². The van der Waals surface area contributed by atoms with Crippen LogP contribution in [0.5, 0.6) is 0 Å². The normalized spacial score (nSPS) is 15.3. The molecule has 0 spiro atoms. The number of halogens is 2. The van der Waals surface area contributed by atoms with Crippen molar-refractivity contribution in [3.05, 3.63) is 262 Å². The van der Waals surface area contributed by atoms with Crippen molar-refractivity contribution < 1.29 is 23.0 Å². The van der Waals surface area contributed by atoms with Crippen LogP contribution in [0.2, 0.25) is 0 Å². The van der Waals surface area contributed by atoms with Crippen molar-refractivity contribution >= 4 is 40.1 Å². The first-order chi connectivity index (χ1) is 40.3. The molecule has 2 unspecified atom stereocenters. The molecule has 12 rings (SSSR count). The van der Waals surface area contributed by atoms with Gasteiger partial charge in [-0.15, -0.1) is 0 Å². The highest BCUT2D eigenvalue weighted by Crippen LogP contribution is 2.33. The maximum atomic E-state index is 14.1. The Bertz CT molecular complexity index is 3430. The van der Waals surface area contributed by atoms with Gasteiger partial charge >= 0.3 is 6.16 Å². The Morgan fingerprint density at radius 1 is 0.439 bits per heavy atom. The van der Waals surface area contributed by atoms with Gasteiger partial charge in [0.2, 0.25) is 11.9 Å². The number of likely N-dealkylation sites (tertiary alicyclic amines) is 2. The second-order valence-electron chi connectivity index (χ2n) is 21.8. The van der Waals surface area contributed by atoms with Gasteiger partial charge in [0, 0.05) is 51.4 Å². The monoisotopic (exact) mass is 1090 g/mol. The number of rotatable bonds is 20. The van der Waals surface area contributed by atoms with Gasteiger partial charge in [-0.2, -0.15) is 0 Å². The van der Waals surface area contributed by atoms with E-state index < -0.39 is 18.4 Å². The number of aromatic nitrogens is 4. The number of para-hydroxylation sites is 4. The van der Waals surface area contributed by atoms with Crippen LogP contribution >= 0.6 is 0 Å². The quantitative estimate of drug-likeness (QED) is 0.0723. The summed E-state index contributed by atoms with van der Waals surface area (Å²) in [6, 6.07) is 66.8. The van der Waals surface area contributed by atoms with Crippen molar-refractivity contribution in [3.63, 3.8) is 0 Å². The highest BCUT2D eigenvalue weighted by Gasteiger charge is 2.27. The molecule has 2 aliphatic heterocycles. The molecule has 0 bridgehead atoms. The van der Waals surface area contributed by atoms with E-state index >= 15 is 0 Å². The lowest BCUT2D eigenvalue weighted by Crippen LogP contribution is -2.40. The molecule has 2 saturated heterocycles. The van der Waals surface area contributed by atoms with Crippen LogP contribution in [0.15, 0.2) is 206 Å². The van der Waals surface area contributed by atoms with E-state index in [2.05, 4.69) is 90.2 Å². The van der Waals surface area contributed by atoms with Crippen molar-refractivity contribution in [1.29, 1.82) is 0 Å². The molecule has 0 amide bonds. The lowest BCUT2D eigenvalue weighted by Gasteiger charge is -2.32. The Balaban J connectivity index is 0.634. The van der Waals surface area contributed by atoms with E-state index in [4.69, 9.17) is 19.4 Å². The summed E-state index contributed by atoms with van der Waals surface area (Å²) in [5.41, 5.74) is 11.9. The standard InChI is InChI=1S/C69H68F2N8O3/c70-57-31-23-51(24-32-57)47-78-63-17-9-7-15-61(63)74-67(78)72-59-37-43-76(44-38-59)41-35-49-19-27-55(28-20-49)65(53-11-3-1-4-12-53)81-69(80)82-66(54-13-5-2-6-14-54)56-29-21-50(22-30-56)36-42-77-45-39-60(40-46-77)73-68-75-62-16-8-10-18-64(62)79(68)48-52-25-33-58(71)34-26-52/h1-34,59-60,65-66H,35-48H2,(H,72,74)(H,73,75). The highest BCUT2D eigenvalue weighted by atomic mass is 19.1. The lowest BCUT2D eigenvalue weighted by molar-refractivity contribution is 0.0166. The molecule has 416 valence electrons. The van der Waals surface area contributed by atoms with Gasteiger partial charge in [-0.25, -0.2) is 23.5 Å². The minimum absolute atomic E-state index is 0.238. The van der Waals surface area contributed by atoms with Crippen LogP contribution in [-0.4, -0.2) is 86.4 Å². The van der Waals surface area contributed by atoms with Gasteiger partial charge in [-0.1, -0.05) is 158 Å². The number of fused-ring (bicyclic) bond motifs is 2. The second kappa shape index (κ2) is 25.4. The van der Waals surface area contributed by atoms with Gasteiger partial charge in [0.05, 0.1) is 35.2 Å². The highest BCUT2D eigenvalue weighted by molar-refractivity contribution is 5.79. The van der Waals surface area contributed by atoms with Gasteiger partial charge in [0.1, 0.15) is 11.6 Å². The summed E-state index contributed by atoms with van der Waals surface area (Å²) in [6.07, 6.45) is 3.69. The third-order valence-corrected chi connectivity index (χ3v) is 16.3. The number of anilines is 2. The van der Waals surface area contributed by atoms with E-state index in [1.54, 1.807) is 0 Å². The number of hydrogen-bond acceptors (Lipinski definition) is 9. The number of imidazole rings is 2. The summed E-state index contributed by atoms with van der Waals surface area (Å²) in [7, 11) is 0. The second-order valence-corrected chi connectivity index (χ2v) is 21.8. The van der Waals surface area contributed by atoms with Crippen LogP contribution in [0, 0.1) is 11.6 Å². The Labute approximate surface area is 478 Å². The summed E-state index contributed by atoms with van der Waals surface area (Å²) in [6.45, 7) is 7.00. The largest absolute Gasteiger partial charge is 0.510 e. The first-order valence-electron chi connectivity index (χ1n) is 28.8. The van der Waals surface area contributed by atoms with Gasteiger partial charge < -0.3 is 39.0 Å². The van der Waals surface area contributed by atoms with Gasteiger partial charge in [-0.3, -0.25) is 0 Å². The zero-order chi connectivity index (χ0) is 55.6. The molecular weight excluding hydrogens is 1030 g/mol. The summed E-state index contributed by atoms with van der Waals surface area (Å²) < 4.78 is 44.4. The molecule has 4 heterocycles. The van der Waals surface area contributed by atoms with Crippen LogP contribution in [0.1, 0.15) is 82.4 Å². The van der Waals surface area contributed by atoms with Crippen molar-refractivity contribution in [1.82, 2.24) is 28.9 Å². The van der Waals surface area contributed by atoms with Gasteiger partial charge in [0.25, 0.3) is 0 Å². The third kappa shape index (κ3) is 13.2. The zero-order valence-electron chi connectivity index (χ0n) is 46.0. The molecule has 8 aromatic carbocycles. The number of nitrogens with zero attached hydrogens (tertiary/aromatic N) is 6. The first kappa shape index (κ1) is 54.0. The molecule has 2 N–H and O–H groups in total. The molecule has 82 heavy (non-hydrogen) atoms. The molecule has 13 heteroatoms. The molecule has 2 fully saturated rings. The molecule has 0 saturated carbocycles. The van der Waals surface area contributed by atoms with Crippen molar-refractivity contribution in [2.24, 2.45) is 0 Å². The number of nitrogens with one attached hydrogen (secondary N) is 2. The molecule has 2 aromatic heterocycles. The molecular formula is C69H68F2N8O3. The van der Waals surface area contributed by atoms with Crippen LogP contribution in [0.25, 0.3) is 22.1 Å². The number of hydrogen-bond donors (Lipinski definition) is 2. The maximum Gasteiger partial charge on any atom is 0.510 e. The minimum atomic E-state index is -0.748. The average Bonchev–Trinajstić information content (AvgIpc) is 4.25. The summed E-state index contributed by atoms with van der Waals surface area (Å²) in [5, 5.41) is 7.52. The molecule has 0 radical (unpaired) electrons. The predicted molar refractivity (Wildman–Crippen MR) is 321 cm³/mol. The number of piperidine rings is 2. The van der Waals surface area contributed by atoms with Gasteiger partial charge in [-0.05, 0) is 132 Å². The van der Waals surface area contributed by atoms with Crippen molar-refractivity contribution in [2.75, 3.05) is 49.9 Å². The smallest absolute Gasteiger partial charge is 0.421 e. The maximum absolute atomic E-state index is 14.1. The number of ether oxygens (including phenoxy) is 2. The summed E-state index contributed by atoms with van der Waals surface area (Å²) >= 11 is 0. The fraction of sp³-hybridized carbons (Fsp3) is 0.261. The van der Waals surface area contributed by atoms with E-state index in [0.29, 0.717) is 25.2 Å². The number of carbonyl (C=O) groups is 1. The molecule has 11 nitrogen and oxygen atoms in total. The predicted octanol–water partition coefficient (Wildman–Crippen LogP) is 14.0. The van der Waals surface area contributed by atoms with Crippen LogP contribution in [0.3, 0.4) is 0 Å². The Morgan fingerprint density at radius 2 is 0.780 bits per heavy atom. The van der Waals surface area contributed by atoms with Crippen LogP contribution in [0.4, 0.5) is 25.5 Å². The topological polar surface area (TPSA) is 102 Å². The van der Waals surface area contributed by atoms with Crippen molar-refractivity contribution in [2.45, 2.75) is 75.9 Å². The van der Waals surface area contributed by atoms with Crippen LogP contribution in [-0.2, 0) is 35.4 Å². The Kier molecular flexibility index (Phi) is 16.7. The van der Waals surface area contributed by atoms with Crippen LogP contribution < -0.4 is 10.6 Å². The SMILES string of the molecule is O=C(OC(c1ccccc1)c1ccc(CCN2CCC(Nc3nc4ccccc4n3Cc3ccc(F)cc3)CC2)cc1)OC(c1ccccc1)c1ccc(CCN2CCC(Nc3nc4ccccc4n3Cc3ccc(F)cc3)CC2)cc1. The lowest BCUT2D eigenvalue weighted by atomic mass is 9.99. The average molecular weight is 1100 g/mol. The van der Waals surface area contributed by atoms with Crippen molar-refractivity contribution in [3.8, 4) is 0 Å². The molecule has 2 atom stereocenters. The fourth-order valence-corrected chi connectivity index (χ4v) is 11.6. The Morgan fingerprint density at radius 3 is 1.17 bits per heavy atom. The van der Waals surface area contributed by atoms with Gasteiger partial charge in [0.15, 0.2) is 12.2 Å². The first-order valence-corrected chi connectivity index (χ1v) is 28.8. The molecule has 2 aliphatic rings. The number of benzene rings is 8. The van der Waals surface area contributed by atoms with E-state index in [9.17, 15) is 13.6 Å². The minimum Gasteiger partial charge on any atom is -0.421 e. The summed E-state index contributed by atoms with van der Waals surface area (Å²) in [5.74, 6) is 1.22. The fourth-order valence-electron chi connectivity index (χ4n) is 11.6. The van der Waals surface area contributed by atoms with E-state index in [1.165, 1.54) is 35.4 Å².